The summed E-state index contributed by atoms with van der Waals surface area (Å²) in [6, 6.07) is 13.6. The molecule has 1 heterocycles. The second kappa shape index (κ2) is 5.40. The predicted molar refractivity (Wildman–Crippen MR) is 87.0 cm³/mol. The fourth-order valence-electron chi connectivity index (χ4n) is 2.13. The molecule has 3 N–H and O–H groups in total. The summed E-state index contributed by atoms with van der Waals surface area (Å²) in [6.07, 6.45) is 1.24. The number of carbonyl (C=O) groups is 1. The monoisotopic (exact) mass is 330 g/mol. The number of fused-ring (bicyclic) bond motifs is 1. The van der Waals surface area contributed by atoms with Gasteiger partial charge in [0.15, 0.2) is 0 Å². The number of nitrogens with one attached hydrogen (secondary N) is 1. The Balaban J connectivity index is 2.23. The summed E-state index contributed by atoms with van der Waals surface area (Å²) in [5.74, 6) is 0.123. The van der Waals surface area contributed by atoms with Crippen molar-refractivity contribution in [2.24, 2.45) is 5.73 Å². The van der Waals surface area contributed by atoms with E-state index in [0.29, 0.717) is 16.7 Å². The van der Waals surface area contributed by atoms with Crippen molar-refractivity contribution in [3.63, 3.8) is 0 Å². The summed E-state index contributed by atoms with van der Waals surface area (Å²) >= 11 is 0. The normalized spacial score (nSPS) is 13.6. The average molecular weight is 330 g/mol. The highest BCUT2D eigenvalue weighted by atomic mass is 32.2. The van der Waals surface area contributed by atoms with Crippen LogP contribution < -0.4 is 10.5 Å². The molecule has 3 aromatic rings. The van der Waals surface area contributed by atoms with Crippen molar-refractivity contribution < 1.29 is 13.7 Å². The molecule has 1 aromatic heterocycles. The maximum absolute atomic E-state index is 12.2. The number of hydrogen-bond acceptors (Lipinski definition) is 5. The first-order valence-corrected chi connectivity index (χ1v) is 8.58. The van der Waals surface area contributed by atoms with Crippen LogP contribution in [0.5, 0.6) is 11.6 Å². The van der Waals surface area contributed by atoms with E-state index in [-0.39, 0.29) is 11.4 Å². The molecule has 0 aliphatic heterocycles. The lowest BCUT2D eigenvalue weighted by atomic mass is 10.1. The second-order valence-corrected chi connectivity index (χ2v) is 6.94. The van der Waals surface area contributed by atoms with Crippen molar-refractivity contribution in [1.29, 1.82) is 4.78 Å². The molecular weight excluding hydrogens is 316 g/mol. The molecule has 0 bridgehead atoms. The summed E-state index contributed by atoms with van der Waals surface area (Å²) in [5.41, 5.74) is 5.92. The molecule has 118 valence electrons. The minimum atomic E-state index is -3.18. The fraction of sp³-hybridized carbons (Fsp3) is 0.0667. The van der Waals surface area contributed by atoms with Crippen LogP contribution in [0.25, 0.3) is 10.9 Å². The van der Waals surface area contributed by atoms with Crippen molar-refractivity contribution in [3.05, 3.63) is 54.1 Å². The van der Waals surface area contributed by atoms with Gasteiger partial charge in [0.1, 0.15) is 15.7 Å². The summed E-state index contributed by atoms with van der Waals surface area (Å²) in [5, 5.41) is 4.69. The highest BCUT2D eigenvalue weighted by Gasteiger charge is 2.19. The van der Waals surface area contributed by atoms with Gasteiger partial charge in [0.2, 0.25) is 11.8 Å². The number of carbonyl (C=O) groups excluding carboxylic acids is 1. The van der Waals surface area contributed by atoms with E-state index in [0.717, 1.165) is 4.09 Å². The zero-order chi connectivity index (χ0) is 16.6. The first-order valence-electron chi connectivity index (χ1n) is 6.66. The van der Waals surface area contributed by atoms with Crippen molar-refractivity contribution >= 4 is 26.7 Å². The zero-order valence-electron chi connectivity index (χ0n) is 12.2. The van der Waals surface area contributed by atoms with Crippen LogP contribution in [-0.4, -0.2) is 25.6 Å². The molecule has 23 heavy (non-hydrogen) atoms. The first-order chi connectivity index (χ1) is 10.9. The molecule has 0 aliphatic carbocycles. The largest absolute Gasteiger partial charge is 0.438 e. The van der Waals surface area contributed by atoms with E-state index in [1.807, 2.05) is 6.07 Å². The Morgan fingerprint density at radius 3 is 2.57 bits per heavy atom. The van der Waals surface area contributed by atoms with Gasteiger partial charge in [0.25, 0.3) is 0 Å². The van der Waals surface area contributed by atoms with E-state index in [9.17, 15) is 9.00 Å². The van der Waals surface area contributed by atoms with Gasteiger partial charge in [-0.25, -0.2) is 8.99 Å². The highest BCUT2D eigenvalue weighted by molar-refractivity contribution is 7.90. The third-order valence-electron chi connectivity index (χ3n) is 3.17. The van der Waals surface area contributed by atoms with Crippen LogP contribution in [0.1, 0.15) is 10.4 Å². The third-order valence-corrected chi connectivity index (χ3v) is 4.08. The maximum atomic E-state index is 12.2. The van der Waals surface area contributed by atoms with Crippen LogP contribution in [0.2, 0.25) is 0 Å². The molecule has 0 radical (unpaired) electrons. The molecule has 2 aromatic carbocycles. The van der Waals surface area contributed by atoms with E-state index < -0.39 is 15.8 Å². The lowest BCUT2D eigenvalue weighted by Crippen LogP contribution is -2.11. The van der Waals surface area contributed by atoms with Gasteiger partial charge in [0.05, 0.1) is 10.9 Å². The van der Waals surface area contributed by atoms with Crippen LogP contribution in [0, 0.1) is 4.78 Å². The number of para-hydroxylation sites is 1. The number of nitrogens with zero attached hydrogens (tertiary/aromatic N) is 2. The number of rotatable bonds is 4. The van der Waals surface area contributed by atoms with Crippen LogP contribution in [-0.2, 0) is 9.92 Å². The van der Waals surface area contributed by atoms with Crippen molar-refractivity contribution in [3.8, 4) is 11.6 Å². The minimum Gasteiger partial charge on any atom is -0.438 e. The van der Waals surface area contributed by atoms with Gasteiger partial charge in [0, 0.05) is 11.8 Å². The van der Waals surface area contributed by atoms with Crippen molar-refractivity contribution in [2.45, 2.75) is 0 Å². The second-order valence-electron chi connectivity index (χ2n) is 4.99. The van der Waals surface area contributed by atoms with E-state index in [2.05, 4.69) is 5.10 Å². The van der Waals surface area contributed by atoms with Crippen LogP contribution in [0.4, 0.5) is 0 Å². The summed E-state index contributed by atoms with van der Waals surface area (Å²) < 4.78 is 26.8. The van der Waals surface area contributed by atoms with Crippen molar-refractivity contribution in [2.75, 3.05) is 6.26 Å². The quantitative estimate of drug-likeness (QED) is 0.765. The van der Waals surface area contributed by atoms with E-state index in [4.69, 9.17) is 15.3 Å². The Morgan fingerprint density at radius 1 is 1.26 bits per heavy atom. The molecule has 1 atom stereocenters. The minimum absolute atomic E-state index is 0.185. The molecule has 8 heteroatoms. The Labute approximate surface area is 132 Å². The molecule has 0 spiro atoms. The number of amides is 1. The number of nitrogens with two attached hydrogens (primary N) is 1. The Bertz CT molecular complexity index is 994. The molecule has 7 nitrogen and oxygen atoms in total. The zero-order valence-corrected chi connectivity index (χ0v) is 13.0. The SMILES string of the molecule is CS(=N)(=O)n1nc2cc(C(N)=O)ccc2c1Oc1ccccc1. The molecular formula is C15H14N4O3S. The Hall–Kier alpha value is -2.87. The molecule has 0 fully saturated rings. The van der Waals surface area contributed by atoms with Gasteiger partial charge in [-0.05, 0) is 30.3 Å². The van der Waals surface area contributed by atoms with Gasteiger partial charge in [-0.2, -0.15) is 5.10 Å². The van der Waals surface area contributed by atoms with E-state index in [1.165, 1.54) is 18.4 Å². The van der Waals surface area contributed by atoms with E-state index in [1.54, 1.807) is 30.3 Å². The fourth-order valence-corrected chi connectivity index (χ4v) is 2.82. The Kier molecular flexibility index (Phi) is 3.53. The average Bonchev–Trinajstić information content (AvgIpc) is 2.86. The lowest BCUT2D eigenvalue weighted by Gasteiger charge is -2.08. The number of hydrogen-bond donors (Lipinski definition) is 2. The number of ether oxygens (including phenoxy) is 1. The number of benzene rings is 2. The van der Waals surface area contributed by atoms with E-state index >= 15 is 0 Å². The van der Waals surface area contributed by atoms with Crippen LogP contribution in [0.15, 0.2) is 48.5 Å². The molecule has 0 saturated heterocycles. The number of primary amides is 1. The van der Waals surface area contributed by atoms with Gasteiger partial charge in [-0.15, -0.1) is 4.09 Å². The molecule has 0 saturated carbocycles. The maximum Gasteiger partial charge on any atom is 0.248 e. The summed E-state index contributed by atoms with van der Waals surface area (Å²) in [6.45, 7) is 0. The smallest absolute Gasteiger partial charge is 0.248 e. The molecule has 1 unspecified atom stereocenters. The van der Waals surface area contributed by atoms with Gasteiger partial charge >= 0.3 is 0 Å². The standard InChI is InChI=1S/C15H14N4O3S/c1-23(17,21)19-15(22-11-5-3-2-4-6-11)12-8-7-10(14(16)20)9-13(12)18-19/h2-9,17H,1H3,(H2,16,20). The van der Waals surface area contributed by atoms with Gasteiger partial charge in [-0.1, -0.05) is 18.2 Å². The highest BCUT2D eigenvalue weighted by Crippen LogP contribution is 2.31. The van der Waals surface area contributed by atoms with Crippen LogP contribution in [0.3, 0.4) is 0 Å². The van der Waals surface area contributed by atoms with Crippen molar-refractivity contribution in [1.82, 2.24) is 9.19 Å². The Morgan fingerprint density at radius 2 is 1.96 bits per heavy atom. The summed E-state index contributed by atoms with van der Waals surface area (Å²) in [4.78, 5) is 11.3. The summed E-state index contributed by atoms with van der Waals surface area (Å²) in [7, 11) is -3.18. The molecule has 3 rings (SSSR count). The topological polar surface area (TPSA) is 111 Å². The lowest BCUT2D eigenvalue weighted by molar-refractivity contribution is 0.100. The first kappa shape index (κ1) is 15.0. The predicted octanol–water partition coefficient (Wildman–Crippen LogP) is 2.37. The third kappa shape index (κ3) is 2.88. The van der Waals surface area contributed by atoms with Gasteiger partial charge in [-0.3, -0.25) is 4.79 Å². The van der Waals surface area contributed by atoms with Gasteiger partial charge < -0.3 is 10.5 Å². The molecule has 0 aliphatic rings. The number of aromatic nitrogens is 2. The van der Waals surface area contributed by atoms with Crippen LogP contribution >= 0.6 is 0 Å². The molecule has 1 amide bonds.